The third-order valence-corrected chi connectivity index (χ3v) is 12.6. The minimum Gasteiger partial charge on any atom is -0.469 e. The molecule has 5 nitrogen and oxygen atoms in total. The average molecular weight is 633 g/mol. The fraction of sp³-hybridized carbons (Fsp3) is 0.279. The van der Waals surface area contributed by atoms with E-state index in [0.29, 0.717) is 0 Å². The van der Waals surface area contributed by atoms with Crippen LogP contribution in [0.3, 0.4) is 0 Å². The molecule has 0 saturated heterocycles. The van der Waals surface area contributed by atoms with Crippen molar-refractivity contribution in [3.05, 3.63) is 156 Å². The molecular weight excluding hydrogens is 596 g/mol. The highest BCUT2D eigenvalue weighted by atomic mass is 16.5. The number of hydrogen-bond donors (Lipinski definition) is 0. The number of esters is 2. The Morgan fingerprint density at radius 3 is 1.19 bits per heavy atom. The Morgan fingerprint density at radius 2 is 0.854 bits per heavy atom. The predicted molar refractivity (Wildman–Crippen MR) is 182 cm³/mol. The summed E-state index contributed by atoms with van der Waals surface area (Å²) >= 11 is 0. The third-order valence-electron chi connectivity index (χ3n) is 12.6. The number of fused-ring (bicyclic) bond motifs is 6. The number of ether oxygens (including phenoxy) is 2. The Hall–Kier alpha value is -5.03. The van der Waals surface area contributed by atoms with E-state index in [4.69, 9.17) is 9.47 Å². The lowest BCUT2D eigenvalue weighted by Crippen LogP contribution is -2.69. The molecule has 0 amide bonds. The Bertz CT molecular complexity index is 1860. The molecule has 48 heavy (non-hydrogen) atoms. The molecule has 10 rings (SSSR count). The van der Waals surface area contributed by atoms with Crippen molar-refractivity contribution in [3.8, 4) is 0 Å². The summed E-state index contributed by atoms with van der Waals surface area (Å²) in [4.78, 5) is 43.5. The number of Topliss-reactive ketones (excluding diaryl/α,β-unsaturated/α-hetero) is 1. The van der Waals surface area contributed by atoms with Gasteiger partial charge in [0, 0.05) is 0 Å². The maximum Gasteiger partial charge on any atom is 0.310 e. The van der Waals surface area contributed by atoms with Gasteiger partial charge < -0.3 is 9.47 Å². The van der Waals surface area contributed by atoms with Crippen molar-refractivity contribution in [2.24, 2.45) is 47.3 Å². The van der Waals surface area contributed by atoms with Crippen LogP contribution in [0, 0.1) is 47.3 Å². The van der Waals surface area contributed by atoms with E-state index in [0.717, 1.165) is 33.4 Å². The molecule has 0 unspecified atom stereocenters. The van der Waals surface area contributed by atoms with Gasteiger partial charge in [0.1, 0.15) is 0 Å². The number of ketones is 1. The standard InChI is InChI=1S/C43H36O5/c1-47-39(44)33-29-23-24-30(34(33)40(45)48-2)32-31(29)37-38(32)43(28-21-13-6-14-22-28)36(26-17-9-4-10-18-26)35(25-15-7-3-8-16-25)42(37,41(43)46)27-19-11-5-12-20-27/h3-24,29-34,37-38H,1-2H3/t29-,30+,31-,32-,33+,34-,37-,38+,42+,43+/m1/s1. The number of methoxy groups -OCH3 is 2. The maximum absolute atomic E-state index is 16.3. The normalized spacial score (nSPS) is 35.1. The summed E-state index contributed by atoms with van der Waals surface area (Å²) in [6.45, 7) is 0. The maximum atomic E-state index is 16.3. The molecule has 0 radical (unpaired) electrons. The lowest BCUT2D eigenvalue weighted by molar-refractivity contribution is -0.195. The number of allylic oxidation sites excluding steroid dienone is 4. The number of hydrogen-bond acceptors (Lipinski definition) is 5. The van der Waals surface area contributed by atoms with Crippen LogP contribution in [0.1, 0.15) is 22.3 Å². The first-order valence-electron chi connectivity index (χ1n) is 16.9. The van der Waals surface area contributed by atoms with Crippen LogP contribution in [-0.4, -0.2) is 31.9 Å². The van der Waals surface area contributed by atoms with Gasteiger partial charge in [-0.1, -0.05) is 133 Å². The van der Waals surface area contributed by atoms with Crippen LogP contribution in [-0.2, 0) is 34.7 Å². The van der Waals surface area contributed by atoms with Crippen LogP contribution in [0.15, 0.2) is 133 Å². The van der Waals surface area contributed by atoms with Crippen LogP contribution in [0.2, 0.25) is 0 Å². The van der Waals surface area contributed by atoms with Crippen molar-refractivity contribution in [3.63, 3.8) is 0 Å². The van der Waals surface area contributed by atoms with Crippen LogP contribution in [0.5, 0.6) is 0 Å². The Balaban J connectivity index is 1.42. The number of benzene rings is 4. The summed E-state index contributed by atoms with van der Waals surface area (Å²) in [7, 11) is 2.78. The molecule has 238 valence electrons. The average Bonchev–Trinajstić information content (AvgIpc) is 3.49. The van der Waals surface area contributed by atoms with E-state index in [9.17, 15) is 9.59 Å². The van der Waals surface area contributed by atoms with Crippen LogP contribution < -0.4 is 0 Å². The second-order valence-corrected chi connectivity index (χ2v) is 14.0. The minimum atomic E-state index is -0.984. The van der Waals surface area contributed by atoms with Crippen molar-refractivity contribution in [1.82, 2.24) is 0 Å². The van der Waals surface area contributed by atoms with Gasteiger partial charge in [-0.3, -0.25) is 14.4 Å². The van der Waals surface area contributed by atoms with Gasteiger partial charge >= 0.3 is 11.9 Å². The fourth-order valence-electron chi connectivity index (χ4n) is 11.4. The first-order chi connectivity index (χ1) is 23.5. The fourth-order valence-corrected chi connectivity index (χ4v) is 11.4. The number of carbonyl (C=O) groups excluding carboxylic acids is 3. The number of rotatable bonds is 6. The Kier molecular flexibility index (Phi) is 6.36. The molecule has 0 spiro atoms. The Labute approximate surface area is 280 Å². The molecule has 4 aromatic carbocycles. The quantitative estimate of drug-likeness (QED) is 0.170. The molecule has 10 atom stereocenters. The topological polar surface area (TPSA) is 69.7 Å². The smallest absolute Gasteiger partial charge is 0.310 e. The molecule has 3 saturated carbocycles. The first-order valence-corrected chi connectivity index (χ1v) is 16.9. The summed E-state index contributed by atoms with van der Waals surface area (Å²) in [6.07, 6.45) is 4.27. The highest BCUT2D eigenvalue weighted by Crippen LogP contribution is 2.83. The lowest BCUT2D eigenvalue weighted by Gasteiger charge is -2.69. The van der Waals surface area contributed by atoms with Gasteiger partial charge in [0.25, 0.3) is 0 Å². The summed E-state index contributed by atoms with van der Waals surface area (Å²) in [6, 6.07) is 41.4. The lowest BCUT2D eigenvalue weighted by atomic mass is 9.33. The van der Waals surface area contributed by atoms with Gasteiger partial charge in [-0.15, -0.1) is 0 Å². The summed E-state index contributed by atoms with van der Waals surface area (Å²) < 4.78 is 10.8. The molecule has 6 aliphatic carbocycles. The van der Waals surface area contributed by atoms with E-state index in [1.165, 1.54) is 14.2 Å². The van der Waals surface area contributed by atoms with Crippen molar-refractivity contribution in [2.45, 2.75) is 10.8 Å². The van der Waals surface area contributed by atoms with E-state index < -0.39 is 34.6 Å². The number of carbonyl (C=O) groups is 3. The predicted octanol–water partition coefficient (Wildman–Crippen LogP) is 6.94. The minimum absolute atomic E-state index is 0.0132. The van der Waals surface area contributed by atoms with Gasteiger partial charge in [-0.25, -0.2) is 0 Å². The summed E-state index contributed by atoms with van der Waals surface area (Å²) in [5.74, 6) is -2.72. The molecule has 5 heteroatoms. The van der Waals surface area contributed by atoms with Gasteiger partial charge in [-0.2, -0.15) is 0 Å². The SMILES string of the molecule is COC(=O)[C@@H]1[C@H]2C=C[C@@H]([C@@H]1C(=O)OC)[C@@H]1[C@@H]2[C@H]2[C@@H]1[C@@]1(c3ccccc3)C(=O)[C@@]2(c2ccccc2)C(c2ccccc2)=C1c1ccccc1. The van der Waals surface area contributed by atoms with E-state index in [1.807, 2.05) is 48.5 Å². The molecule has 6 aliphatic rings. The van der Waals surface area contributed by atoms with Crippen molar-refractivity contribution in [2.75, 3.05) is 14.2 Å². The second kappa shape index (κ2) is 10.5. The molecule has 4 aromatic rings. The van der Waals surface area contributed by atoms with Crippen molar-refractivity contribution < 1.29 is 23.9 Å². The second-order valence-electron chi connectivity index (χ2n) is 14.0. The molecule has 4 bridgehead atoms. The van der Waals surface area contributed by atoms with E-state index in [-0.39, 0.29) is 41.3 Å². The largest absolute Gasteiger partial charge is 0.469 e. The summed E-state index contributed by atoms with van der Waals surface area (Å²) in [5.41, 5.74) is 4.16. The monoisotopic (exact) mass is 632 g/mol. The zero-order valence-electron chi connectivity index (χ0n) is 26.9. The zero-order valence-corrected chi connectivity index (χ0v) is 26.9. The Morgan fingerprint density at radius 1 is 0.521 bits per heavy atom. The van der Waals surface area contributed by atoms with E-state index in [2.05, 4.69) is 84.9 Å². The van der Waals surface area contributed by atoms with E-state index >= 15 is 4.79 Å². The molecule has 0 heterocycles. The first kappa shape index (κ1) is 29.1. The highest BCUT2D eigenvalue weighted by Gasteiger charge is 2.86. The van der Waals surface area contributed by atoms with Gasteiger partial charge in [0.15, 0.2) is 5.78 Å². The third kappa shape index (κ3) is 3.34. The van der Waals surface area contributed by atoms with Crippen molar-refractivity contribution in [1.29, 1.82) is 0 Å². The molecular formula is C43H36O5. The van der Waals surface area contributed by atoms with E-state index in [1.54, 1.807) is 0 Å². The molecule has 3 fully saturated rings. The van der Waals surface area contributed by atoms with Crippen LogP contribution in [0.4, 0.5) is 0 Å². The molecule has 0 N–H and O–H groups in total. The highest BCUT2D eigenvalue weighted by molar-refractivity contribution is 6.30. The molecule has 0 aliphatic heterocycles. The van der Waals surface area contributed by atoms with Gasteiger partial charge in [0.2, 0.25) is 0 Å². The zero-order chi connectivity index (χ0) is 32.8. The molecule has 0 aromatic heterocycles. The van der Waals surface area contributed by atoms with Crippen LogP contribution in [0.25, 0.3) is 11.1 Å². The van der Waals surface area contributed by atoms with Gasteiger partial charge in [0.05, 0.1) is 36.9 Å². The van der Waals surface area contributed by atoms with Crippen molar-refractivity contribution >= 4 is 28.9 Å². The van der Waals surface area contributed by atoms with Gasteiger partial charge in [-0.05, 0) is 68.9 Å². The summed E-state index contributed by atoms with van der Waals surface area (Å²) in [5, 5.41) is 0. The van der Waals surface area contributed by atoms with Crippen LogP contribution >= 0.6 is 0 Å².